The van der Waals surface area contributed by atoms with Gasteiger partial charge in [-0.1, -0.05) is 34.1 Å². The number of aryl methyl sites for hydroxylation is 1. The summed E-state index contributed by atoms with van der Waals surface area (Å²) in [5, 5.41) is 0. The minimum Gasteiger partial charge on any atom is -0.497 e. The Kier molecular flexibility index (Phi) is 5.26. The van der Waals surface area contributed by atoms with Crippen LogP contribution in [0.3, 0.4) is 0 Å². The number of likely N-dealkylation sites (N-methyl/N-ethyl adjacent to an activating group) is 1. The fraction of sp³-hybridized carbons (Fsp3) is 0.294. The molecule has 0 aliphatic rings. The zero-order valence-corrected chi connectivity index (χ0v) is 14.2. The molecule has 0 heterocycles. The Morgan fingerprint density at radius 1 is 1.24 bits per heavy atom. The minimum atomic E-state index is 0.119. The molecule has 0 aromatic heterocycles. The van der Waals surface area contributed by atoms with Crippen molar-refractivity contribution < 1.29 is 4.74 Å². The minimum absolute atomic E-state index is 0.119. The number of methoxy groups -OCH3 is 1. The number of hydrogen-bond acceptors (Lipinski definition) is 3. The molecule has 0 radical (unpaired) electrons. The molecule has 1 unspecified atom stereocenters. The highest BCUT2D eigenvalue weighted by Gasteiger charge is 2.17. The topological polar surface area (TPSA) is 38.5 Å². The average Bonchev–Trinajstić information content (AvgIpc) is 2.51. The van der Waals surface area contributed by atoms with Crippen LogP contribution in [0.4, 0.5) is 5.69 Å². The Labute approximate surface area is 134 Å². The molecule has 3 nitrogen and oxygen atoms in total. The Morgan fingerprint density at radius 2 is 2.00 bits per heavy atom. The van der Waals surface area contributed by atoms with Crippen molar-refractivity contribution in [2.75, 3.05) is 25.6 Å². The molecule has 1 atom stereocenters. The van der Waals surface area contributed by atoms with E-state index < -0.39 is 0 Å². The van der Waals surface area contributed by atoms with E-state index in [1.165, 1.54) is 11.1 Å². The van der Waals surface area contributed by atoms with Crippen LogP contribution in [0.1, 0.15) is 17.2 Å². The van der Waals surface area contributed by atoms with E-state index in [-0.39, 0.29) is 6.04 Å². The van der Waals surface area contributed by atoms with Crippen molar-refractivity contribution in [2.24, 2.45) is 5.73 Å². The third kappa shape index (κ3) is 3.57. The quantitative estimate of drug-likeness (QED) is 0.890. The molecular weight excluding hydrogens is 328 g/mol. The molecule has 0 saturated carbocycles. The van der Waals surface area contributed by atoms with Crippen molar-refractivity contribution in [3.63, 3.8) is 0 Å². The molecule has 0 amide bonds. The first-order chi connectivity index (χ1) is 10.1. The fourth-order valence-electron chi connectivity index (χ4n) is 2.34. The highest BCUT2D eigenvalue weighted by Crippen LogP contribution is 2.29. The Balaban J connectivity index is 2.32. The summed E-state index contributed by atoms with van der Waals surface area (Å²) in [6.45, 7) is 2.63. The second kappa shape index (κ2) is 6.96. The zero-order valence-electron chi connectivity index (χ0n) is 12.6. The normalized spacial score (nSPS) is 12.0. The van der Waals surface area contributed by atoms with Crippen LogP contribution in [0.25, 0.3) is 0 Å². The third-order valence-corrected chi connectivity index (χ3v) is 4.59. The first kappa shape index (κ1) is 15.9. The van der Waals surface area contributed by atoms with Crippen molar-refractivity contribution >= 4 is 21.6 Å². The van der Waals surface area contributed by atoms with Gasteiger partial charge in [-0.15, -0.1) is 0 Å². The predicted molar refractivity (Wildman–Crippen MR) is 92.1 cm³/mol. The Hall–Kier alpha value is -1.52. The molecule has 4 heteroatoms. The van der Waals surface area contributed by atoms with E-state index in [2.05, 4.69) is 59.1 Å². The van der Waals surface area contributed by atoms with E-state index in [1.54, 1.807) is 7.11 Å². The van der Waals surface area contributed by atoms with Gasteiger partial charge >= 0.3 is 0 Å². The molecule has 21 heavy (non-hydrogen) atoms. The van der Waals surface area contributed by atoms with E-state index in [0.717, 1.165) is 15.9 Å². The molecule has 0 aliphatic carbocycles. The lowest BCUT2D eigenvalue weighted by molar-refractivity contribution is 0.414. The SMILES string of the molecule is COc1cccc(N(C)C(CN)c2ccc(C)c(Br)c2)c1. The molecule has 2 N–H and O–H groups in total. The van der Waals surface area contributed by atoms with Gasteiger partial charge in [0.2, 0.25) is 0 Å². The van der Waals surface area contributed by atoms with Gasteiger partial charge < -0.3 is 15.4 Å². The average molecular weight is 349 g/mol. The number of rotatable bonds is 5. The number of hydrogen-bond donors (Lipinski definition) is 1. The summed E-state index contributed by atoms with van der Waals surface area (Å²) in [7, 11) is 3.73. The molecule has 2 aromatic carbocycles. The van der Waals surface area contributed by atoms with Crippen molar-refractivity contribution in [3.8, 4) is 5.75 Å². The highest BCUT2D eigenvalue weighted by atomic mass is 79.9. The first-order valence-corrected chi connectivity index (χ1v) is 7.69. The van der Waals surface area contributed by atoms with Gasteiger partial charge in [-0.05, 0) is 36.2 Å². The summed E-state index contributed by atoms with van der Waals surface area (Å²) in [6, 6.07) is 14.5. The molecule has 0 aliphatic heterocycles. The molecule has 2 aromatic rings. The van der Waals surface area contributed by atoms with Crippen LogP contribution in [0.5, 0.6) is 5.75 Å². The van der Waals surface area contributed by atoms with E-state index in [4.69, 9.17) is 10.5 Å². The van der Waals surface area contributed by atoms with E-state index in [1.807, 2.05) is 18.2 Å². The van der Waals surface area contributed by atoms with Gasteiger partial charge in [-0.25, -0.2) is 0 Å². The highest BCUT2D eigenvalue weighted by molar-refractivity contribution is 9.10. The molecule has 112 valence electrons. The Morgan fingerprint density at radius 3 is 2.62 bits per heavy atom. The van der Waals surface area contributed by atoms with Gasteiger partial charge in [0.25, 0.3) is 0 Å². The smallest absolute Gasteiger partial charge is 0.120 e. The summed E-state index contributed by atoms with van der Waals surface area (Å²) < 4.78 is 6.40. The summed E-state index contributed by atoms with van der Waals surface area (Å²) >= 11 is 3.59. The van der Waals surface area contributed by atoms with E-state index >= 15 is 0 Å². The summed E-state index contributed by atoms with van der Waals surface area (Å²) in [5.74, 6) is 0.847. The fourth-order valence-corrected chi connectivity index (χ4v) is 2.74. The molecule has 0 saturated heterocycles. The molecule has 0 spiro atoms. The van der Waals surface area contributed by atoms with Crippen LogP contribution >= 0.6 is 15.9 Å². The lowest BCUT2D eigenvalue weighted by Crippen LogP contribution is -2.30. The number of ether oxygens (including phenoxy) is 1. The van der Waals surface area contributed by atoms with E-state index in [0.29, 0.717) is 6.54 Å². The van der Waals surface area contributed by atoms with Gasteiger partial charge in [0.05, 0.1) is 13.2 Å². The van der Waals surface area contributed by atoms with Crippen LogP contribution in [0, 0.1) is 6.92 Å². The lowest BCUT2D eigenvalue weighted by atomic mass is 10.0. The van der Waals surface area contributed by atoms with Crippen molar-refractivity contribution in [1.82, 2.24) is 0 Å². The van der Waals surface area contributed by atoms with Gasteiger partial charge in [-0.3, -0.25) is 0 Å². The van der Waals surface area contributed by atoms with Crippen LogP contribution in [-0.2, 0) is 0 Å². The maximum Gasteiger partial charge on any atom is 0.120 e. The molecule has 2 rings (SSSR count). The summed E-state index contributed by atoms with van der Waals surface area (Å²) in [4.78, 5) is 2.18. The predicted octanol–water partition coefficient (Wildman–Crippen LogP) is 3.90. The molecule has 0 bridgehead atoms. The van der Waals surface area contributed by atoms with Crippen LogP contribution in [-0.4, -0.2) is 20.7 Å². The molecular formula is C17H21BrN2O. The van der Waals surface area contributed by atoms with Crippen LogP contribution < -0.4 is 15.4 Å². The van der Waals surface area contributed by atoms with Gasteiger partial charge in [0.1, 0.15) is 5.75 Å². The number of anilines is 1. The summed E-state index contributed by atoms with van der Waals surface area (Å²) in [6.07, 6.45) is 0. The molecule has 0 fully saturated rings. The van der Waals surface area contributed by atoms with Crippen molar-refractivity contribution in [3.05, 3.63) is 58.1 Å². The number of nitrogens with two attached hydrogens (primary N) is 1. The van der Waals surface area contributed by atoms with Crippen LogP contribution in [0.2, 0.25) is 0 Å². The van der Waals surface area contributed by atoms with Crippen LogP contribution in [0.15, 0.2) is 46.9 Å². The van der Waals surface area contributed by atoms with Gasteiger partial charge in [-0.2, -0.15) is 0 Å². The van der Waals surface area contributed by atoms with Crippen molar-refractivity contribution in [1.29, 1.82) is 0 Å². The van der Waals surface area contributed by atoms with E-state index in [9.17, 15) is 0 Å². The second-order valence-electron chi connectivity index (χ2n) is 5.07. The van der Waals surface area contributed by atoms with Gasteiger partial charge in [0.15, 0.2) is 0 Å². The Bertz CT molecular complexity index is 615. The maximum atomic E-state index is 6.01. The second-order valence-corrected chi connectivity index (χ2v) is 5.93. The number of nitrogens with zero attached hydrogens (tertiary/aromatic N) is 1. The largest absolute Gasteiger partial charge is 0.497 e. The van der Waals surface area contributed by atoms with Crippen molar-refractivity contribution in [2.45, 2.75) is 13.0 Å². The number of halogens is 1. The maximum absolute atomic E-state index is 6.01. The number of benzene rings is 2. The standard InChI is InChI=1S/C17H21BrN2O/c1-12-7-8-13(9-16(12)18)17(11-19)20(2)14-5-4-6-15(10-14)21-3/h4-10,17H,11,19H2,1-3H3. The summed E-state index contributed by atoms with van der Waals surface area (Å²) in [5.41, 5.74) is 9.51. The van der Waals surface area contributed by atoms with Gasteiger partial charge in [0, 0.05) is 29.8 Å². The lowest BCUT2D eigenvalue weighted by Gasteiger charge is -2.30. The first-order valence-electron chi connectivity index (χ1n) is 6.89. The monoisotopic (exact) mass is 348 g/mol. The zero-order chi connectivity index (χ0) is 15.4. The third-order valence-electron chi connectivity index (χ3n) is 3.73.